The molecule has 1 aliphatic heterocycles. The van der Waals surface area contributed by atoms with E-state index in [1.54, 1.807) is 31.3 Å². The number of halogens is 1. The fraction of sp³-hybridized carbons (Fsp3) is 0.526. The summed E-state index contributed by atoms with van der Waals surface area (Å²) in [4.78, 5) is 29.8. The van der Waals surface area contributed by atoms with Gasteiger partial charge in [-0.2, -0.15) is 0 Å². The van der Waals surface area contributed by atoms with Crippen molar-refractivity contribution in [3.8, 4) is 0 Å². The van der Waals surface area contributed by atoms with Crippen molar-refractivity contribution in [2.24, 2.45) is 4.99 Å². The zero-order valence-corrected chi connectivity index (χ0v) is 16.7. The molecule has 1 fully saturated rings. The summed E-state index contributed by atoms with van der Waals surface area (Å²) >= 11 is 5.83. The fourth-order valence-corrected chi connectivity index (χ4v) is 3.05. The second-order valence-corrected chi connectivity index (χ2v) is 6.92. The van der Waals surface area contributed by atoms with Gasteiger partial charge in [0.1, 0.15) is 0 Å². The Balaban J connectivity index is 1.64. The van der Waals surface area contributed by atoms with E-state index in [-0.39, 0.29) is 17.9 Å². The maximum Gasteiger partial charge on any atom is 0.224 e. The molecule has 1 saturated heterocycles. The van der Waals surface area contributed by atoms with Gasteiger partial charge in [-0.3, -0.25) is 14.6 Å². The van der Waals surface area contributed by atoms with Crippen LogP contribution in [-0.2, 0) is 9.59 Å². The predicted molar refractivity (Wildman–Crippen MR) is 109 cm³/mol. The normalized spacial score (nSPS) is 16.9. The van der Waals surface area contributed by atoms with Crippen molar-refractivity contribution in [1.82, 2.24) is 15.5 Å². The highest BCUT2D eigenvalue weighted by atomic mass is 35.5. The van der Waals surface area contributed by atoms with E-state index < -0.39 is 0 Å². The number of rotatable bonds is 7. The second-order valence-electron chi connectivity index (χ2n) is 6.48. The standard InChI is InChI=1S/C19H28ClN5O2/c1-3-18(27)25-12-10-16(13-25)24-19(21-2)22-11-4-5-17(26)23-15-8-6-14(20)7-9-15/h6-9,16H,3-5,10-13H2,1-2H3,(H,23,26)(H2,21,22,24). The quantitative estimate of drug-likeness (QED) is 0.376. The number of anilines is 1. The number of benzene rings is 1. The summed E-state index contributed by atoms with van der Waals surface area (Å²) in [6.45, 7) is 4.01. The molecular formula is C19H28ClN5O2. The molecule has 7 nitrogen and oxygen atoms in total. The molecule has 8 heteroatoms. The molecule has 1 heterocycles. The molecule has 27 heavy (non-hydrogen) atoms. The summed E-state index contributed by atoms with van der Waals surface area (Å²) in [5.41, 5.74) is 0.738. The van der Waals surface area contributed by atoms with Crippen LogP contribution in [0.15, 0.2) is 29.3 Å². The van der Waals surface area contributed by atoms with E-state index in [4.69, 9.17) is 11.6 Å². The van der Waals surface area contributed by atoms with E-state index in [9.17, 15) is 9.59 Å². The fourth-order valence-electron chi connectivity index (χ4n) is 2.93. The van der Waals surface area contributed by atoms with Crippen molar-refractivity contribution in [3.05, 3.63) is 29.3 Å². The highest BCUT2D eigenvalue weighted by Gasteiger charge is 2.25. The number of carbonyl (C=O) groups excluding carboxylic acids is 2. The van der Waals surface area contributed by atoms with Crippen LogP contribution >= 0.6 is 11.6 Å². The summed E-state index contributed by atoms with van der Waals surface area (Å²) in [6, 6.07) is 7.25. The molecule has 3 N–H and O–H groups in total. The number of carbonyl (C=O) groups is 2. The van der Waals surface area contributed by atoms with Crippen molar-refractivity contribution in [3.63, 3.8) is 0 Å². The van der Waals surface area contributed by atoms with Crippen LogP contribution in [-0.4, -0.2) is 55.4 Å². The maximum atomic E-state index is 12.0. The van der Waals surface area contributed by atoms with Crippen LogP contribution in [0, 0.1) is 0 Å². The van der Waals surface area contributed by atoms with Crippen molar-refractivity contribution in [1.29, 1.82) is 0 Å². The molecule has 0 spiro atoms. The van der Waals surface area contributed by atoms with Gasteiger partial charge in [0.15, 0.2) is 5.96 Å². The van der Waals surface area contributed by atoms with E-state index >= 15 is 0 Å². The summed E-state index contributed by atoms with van der Waals surface area (Å²) in [7, 11) is 1.71. The first-order valence-electron chi connectivity index (χ1n) is 9.32. The van der Waals surface area contributed by atoms with E-state index in [2.05, 4.69) is 20.9 Å². The first kappa shape index (κ1) is 21.0. The Morgan fingerprint density at radius 2 is 2.04 bits per heavy atom. The first-order valence-corrected chi connectivity index (χ1v) is 9.70. The van der Waals surface area contributed by atoms with E-state index in [0.29, 0.717) is 43.3 Å². The van der Waals surface area contributed by atoms with Gasteiger partial charge in [0.05, 0.1) is 0 Å². The Morgan fingerprint density at radius 3 is 2.70 bits per heavy atom. The summed E-state index contributed by atoms with van der Waals surface area (Å²) in [6.07, 6.45) is 2.55. The lowest BCUT2D eigenvalue weighted by Gasteiger charge is -2.18. The molecule has 0 saturated carbocycles. The van der Waals surface area contributed by atoms with Crippen molar-refractivity contribution in [2.45, 2.75) is 38.6 Å². The molecule has 1 unspecified atom stereocenters. The minimum absolute atomic E-state index is 0.0356. The van der Waals surface area contributed by atoms with Gasteiger partial charge < -0.3 is 20.9 Å². The molecule has 2 amide bonds. The van der Waals surface area contributed by atoms with Crippen LogP contribution in [0.2, 0.25) is 5.02 Å². The largest absolute Gasteiger partial charge is 0.356 e. The third kappa shape index (κ3) is 7.09. The van der Waals surface area contributed by atoms with Crippen molar-refractivity contribution < 1.29 is 9.59 Å². The topological polar surface area (TPSA) is 85.8 Å². The minimum atomic E-state index is -0.0356. The van der Waals surface area contributed by atoms with Crippen LogP contribution in [0.1, 0.15) is 32.6 Å². The third-order valence-corrected chi connectivity index (χ3v) is 4.66. The average Bonchev–Trinajstić information content (AvgIpc) is 3.14. The molecule has 0 aliphatic carbocycles. The zero-order chi connectivity index (χ0) is 19.6. The second kappa shape index (κ2) is 10.8. The van der Waals surface area contributed by atoms with Gasteiger partial charge in [0, 0.05) is 56.3 Å². The van der Waals surface area contributed by atoms with E-state index in [1.807, 2.05) is 11.8 Å². The number of hydrogen-bond acceptors (Lipinski definition) is 3. The molecule has 1 atom stereocenters. The first-order chi connectivity index (χ1) is 13.0. The number of likely N-dealkylation sites (tertiary alicyclic amines) is 1. The van der Waals surface area contributed by atoms with E-state index in [0.717, 1.165) is 18.7 Å². The van der Waals surface area contributed by atoms with Crippen LogP contribution < -0.4 is 16.0 Å². The number of amides is 2. The van der Waals surface area contributed by atoms with E-state index in [1.165, 1.54) is 0 Å². The zero-order valence-electron chi connectivity index (χ0n) is 15.9. The molecule has 0 aromatic heterocycles. The van der Waals surface area contributed by atoms with Gasteiger partial charge >= 0.3 is 0 Å². The molecule has 1 aliphatic rings. The van der Waals surface area contributed by atoms with Gasteiger partial charge in [-0.05, 0) is 37.1 Å². The van der Waals surface area contributed by atoms with Crippen LogP contribution in [0.5, 0.6) is 0 Å². The smallest absolute Gasteiger partial charge is 0.224 e. The summed E-state index contributed by atoms with van der Waals surface area (Å²) < 4.78 is 0. The molecule has 148 valence electrons. The Morgan fingerprint density at radius 1 is 1.30 bits per heavy atom. The van der Waals surface area contributed by atoms with Crippen molar-refractivity contribution in [2.75, 3.05) is 32.0 Å². The maximum absolute atomic E-state index is 12.0. The van der Waals surface area contributed by atoms with Gasteiger partial charge in [-0.15, -0.1) is 0 Å². The Labute approximate surface area is 165 Å². The van der Waals surface area contributed by atoms with Gasteiger partial charge in [0.25, 0.3) is 0 Å². The predicted octanol–water partition coefficient (Wildman–Crippen LogP) is 2.23. The van der Waals surface area contributed by atoms with Gasteiger partial charge in [-0.1, -0.05) is 18.5 Å². The number of aliphatic imine (C=N–C) groups is 1. The number of nitrogens with one attached hydrogen (secondary N) is 3. The molecular weight excluding hydrogens is 366 g/mol. The molecule has 2 rings (SSSR count). The number of hydrogen-bond donors (Lipinski definition) is 3. The van der Waals surface area contributed by atoms with Crippen LogP contribution in [0.3, 0.4) is 0 Å². The highest BCUT2D eigenvalue weighted by molar-refractivity contribution is 6.30. The molecule has 1 aromatic carbocycles. The Hall–Kier alpha value is -2.28. The minimum Gasteiger partial charge on any atom is -0.356 e. The Bertz CT molecular complexity index is 663. The monoisotopic (exact) mass is 393 g/mol. The van der Waals surface area contributed by atoms with Crippen LogP contribution in [0.4, 0.5) is 5.69 Å². The summed E-state index contributed by atoms with van der Waals surface area (Å²) in [5, 5.41) is 10.0. The SMILES string of the molecule is CCC(=O)N1CCC(NC(=NC)NCCCC(=O)Nc2ccc(Cl)cc2)C1. The number of nitrogens with zero attached hydrogens (tertiary/aromatic N) is 2. The third-order valence-electron chi connectivity index (χ3n) is 4.41. The highest BCUT2D eigenvalue weighted by Crippen LogP contribution is 2.13. The van der Waals surface area contributed by atoms with Crippen molar-refractivity contribution >= 4 is 35.1 Å². The molecule has 1 aromatic rings. The average molecular weight is 394 g/mol. The molecule has 0 bridgehead atoms. The van der Waals surface area contributed by atoms with Gasteiger partial charge in [0.2, 0.25) is 11.8 Å². The lowest BCUT2D eigenvalue weighted by molar-refractivity contribution is -0.129. The lowest BCUT2D eigenvalue weighted by atomic mass is 10.2. The Kier molecular flexibility index (Phi) is 8.39. The number of guanidine groups is 1. The van der Waals surface area contributed by atoms with Gasteiger partial charge in [-0.25, -0.2) is 0 Å². The lowest BCUT2D eigenvalue weighted by Crippen LogP contribution is -2.45. The molecule has 0 radical (unpaired) electrons. The summed E-state index contributed by atoms with van der Waals surface area (Å²) in [5.74, 6) is 0.851. The van der Waals surface area contributed by atoms with Crippen LogP contribution in [0.25, 0.3) is 0 Å².